The number of benzene rings is 1. The van der Waals surface area contributed by atoms with Crippen molar-refractivity contribution >= 4 is 39.2 Å². The molecule has 0 saturated carbocycles. The zero-order valence-electron chi connectivity index (χ0n) is 8.84. The van der Waals surface area contributed by atoms with Gasteiger partial charge in [-0.1, -0.05) is 0 Å². The highest BCUT2D eigenvalue weighted by Crippen LogP contribution is 2.26. The number of rotatable bonds is 1. The van der Waals surface area contributed by atoms with Crippen molar-refractivity contribution in [1.82, 2.24) is 14.8 Å². The summed E-state index contributed by atoms with van der Waals surface area (Å²) >= 11 is 2.22. The summed E-state index contributed by atoms with van der Waals surface area (Å²) in [7, 11) is 0. The van der Waals surface area contributed by atoms with E-state index in [0.29, 0.717) is 5.69 Å². The van der Waals surface area contributed by atoms with Gasteiger partial charge in [-0.2, -0.15) is 5.10 Å². The van der Waals surface area contributed by atoms with Gasteiger partial charge in [0, 0.05) is 17.8 Å². The quantitative estimate of drug-likeness (QED) is 0.549. The minimum atomic E-state index is 0.704. The van der Waals surface area contributed by atoms with Gasteiger partial charge in [0.15, 0.2) is 0 Å². The molecule has 0 spiro atoms. The molecule has 4 nitrogen and oxygen atoms in total. The normalized spacial score (nSPS) is 10.9. The van der Waals surface area contributed by atoms with Crippen LogP contribution < -0.4 is 5.73 Å². The fourth-order valence-corrected chi connectivity index (χ4v) is 2.18. The summed E-state index contributed by atoms with van der Waals surface area (Å²) in [5.41, 5.74) is 8.64. The van der Waals surface area contributed by atoms with E-state index < -0.39 is 0 Å². The first-order chi connectivity index (χ1) is 8.25. The summed E-state index contributed by atoms with van der Waals surface area (Å²) in [6.45, 7) is 0. The van der Waals surface area contributed by atoms with Gasteiger partial charge in [-0.3, -0.25) is 4.98 Å². The number of nitrogens with zero attached hydrogens (tertiary/aromatic N) is 3. The molecule has 5 heteroatoms. The van der Waals surface area contributed by atoms with Crippen LogP contribution >= 0.6 is 22.6 Å². The molecule has 84 valence electrons. The van der Waals surface area contributed by atoms with Gasteiger partial charge in [0.1, 0.15) is 0 Å². The smallest absolute Gasteiger partial charge is 0.0882 e. The van der Waals surface area contributed by atoms with Crippen molar-refractivity contribution in [3.8, 4) is 5.69 Å². The molecule has 0 unspecified atom stereocenters. The molecule has 2 aromatic heterocycles. The number of nitrogens with two attached hydrogens (primary N) is 1. The van der Waals surface area contributed by atoms with Gasteiger partial charge in [-0.05, 0) is 46.9 Å². The lowest BCUT2D eigenvalue weighted by atomic mass is 10.1. The molecule has 0 saturated heterocycles. The van der Waals surface area contributed by atoms with E-state index in [9.17, 15) is 0 Å². The Hall–Kier alpha value is -1.63. The highest BCUT2D eigenvalue weighted by molar-refractivity contribution is 14.1. The van der Waals surface area contributed by atoms with Crippen LogP contribution in [0.1, 0.15) is 0 Å². The number of aromatic nitrogens is 3. The van der Waals surface area contributed by atoms with E-state index >= 15 is 0 Å². The second-order valence-electron chi connectivity index (χ2n) is 3.67. The predicted octanol–water partition coefficient (Wildman–Crippen LogP) is 2.61. The van der Waals surface area contributed by atoms with Crippen LogP contribution in [0.25, 0.3) is 16.6 Å². The maximum absolute atomic E-state index is 6.16. The maximum Gasteiger partial charge on any atom is 0.0882 e. The fourth-order valence-electron chi connectivity index (χ4n) is 1.80. The number of fused-ring (bicyclic) bond motifs is 1. The maximum atomic E-state index is 6.16. The van der Waals surface area contributed by atoms with Gasteiger partial charge in [-0.25, -0.2) is 4.68 Å². The number of hydrogen-bond donors (Lipinski definition) is 1. The third-order valence-corrected chi connectivity index (χ3v) is 3.16. The van der Waals surface area contributed by atoms with Gasteiger partial charge in [0.25, 0.3) is 0 Å². The Morgan fingerprint density at radius 1 is 1.24 bits per heavy atom. The molecule has 0 bridgehead atoms. The van der Waals surface area contributed by atoms with Crippen LogP contribution in [0, 0.1) is 3.57 Å². The average Bonchev–Trinajstić information content (AvgIpc) is 2.77. The van der Waals surface area contributed by atoms with Crippen molar-refractivity contribution in [3.63, 3.8) is 0 Å². The molecule has 3 rings (SSSR count). The van der Waals surface area contributed by atoms with Crippen molar-refractivity contribution < 1.29 is 0 Å². The van der Waals surface area contributed by atoms with E-state index in [-0.39, 0.29) is 0 Å². The van der Waals surface area contributed by atoms with E-state index in [1.165, 1.54) is 0 Å². The Balaban J connectivity index is 2.28. The van der Waals surface area contributed by atoms with Gasteiger partial charge >= 0.3 is 0 Å². The zero-order chi connectivity index (χ0) is 11.8. The van der Waals surface area contributed by atoms with Gasteiger partial charge in [0.2, 0.25) is 0 Å². The molecule has 0 radical (unpaired) electrons. The lowest BCUT2D eigenvalue weighted by Crippen LogP contribution is -2.01. The van der Waals surface area contributed by atoms with Crippen LogP contribution in [0.15, 0.2) is 42.9 Å². The third kappa shape index (κ3) is 1.76. The first-order valence-electron chi connectivity index (χ1n) is 5.09. The number of anilines is 1. The largest absolute Gasteiger partial charge is 0.396 e. The van der Waals surface area contributed by atoms with Gasteiger partial charge in [-0.15, -0.1) is 0 Å². The molecule has 0 aliphatic heterocycles. The second kappa shape index (κ2) is 3.99. The molecule has 0 atom stereocenters. The predicted molar refractivity (Wildman–Crippen MR) is 76.0 cm³/mol. The highest BCUT2D eigenvalue weighted by Gasteiger charge is 2.07. The standard InChI is InChI=1S/C12H9IN4/c13-8-6-16-17(7-8)11-4-3-10-9(12(11)14)2-1-5-15-10/h1-7H,14H2. The number of nitrogen functional groups attached to an aromatic ring is 1. The van der Waals surface area contributed by atoms with E-state index in [4.69, 9.17) is 5.73 Å². The molecule has 0 aliphatic rings. The molecule has 0 aliphatic carbocycles. The number of halogens is 1. The van der Waals surface area contributed by atoms with Crippen molar-refractivity contribution in [3.05, 3.63) is 46.4 Å². The first kappa shape index (κ1) is 10.5. The topological polar surface area (TPSA) is 56.7 Å². The summed E-state index contributed by atoms with van der Waals surface area (Å²) in [6, 6.07) is 7.74. The monoisotopic (exact) mass is 336 g/mol. The zero-order valence-corrected chi connectivity index (χ0v) is 11.0. The summed E-state index contributed by atoms with van der Waals surface area (Å²) in [5.74, 6) is 0. The molecular formula is C12H9IN4. The number of pyridine rings is 1. The van der Waals surface area contributed by atoms with Crippen molar-refractivity contribution in [1.29, 1.82) is 0 Å². The molecule has 2 N–H and O–H groups in total. The molecule has 3 aromatic rings. The van der Waals surface area contributed by atoms with Gasteiger partial charge in [0.05, 0.1) is 26.7 Å². The van der Waals surface area contributed by atoms with Crippen LogP contribution in [0.3, 0.4) is 0 Å². The van der Waals surface area contributed by atoms with Crippen LogP contribution in [-0.2, 0) is 0 Å². The number of hydrogen-bond acceptors (Lipinski definition) is 3. The average molecular weight is 336 g/mol. The Kier molecular flexibility index (Phi) is 2.47. The van der Waals surface area contributed by atoms with E-state index in [1.54, 1.807) is 17.1 Å². The van der Waals surface area contributed by atoms with Gasteiger partial charge < -0.3 is 5.73 Å². The van der Waals surface area contributed by atoms with Crippen molar-refractivity contribution in [2.75, 3.05) is 5.73 Å². The molecule has 0 amide bonds. The minimum Gasteiger partial charge on any atom is -0.396 e. The third-order valence-electron chi connectivity index (χ3n) is 2.60. The molecular weight excluding hydrogens is 327 g/mol. The lowest BCUT2D eigenvalue weighted by molar-refractivity contribution is 0.884. The molecule has 2 heterocycles. The summed E-state index contributed by atoms with van der Waals surface area (Å²) < 4.78 is 2.86. The Labute approximate surface area is 112 Å². The van der Waals surface area contributed by atoms with E-state index in [2.05, 4.69) is 32.7 Å². The summed E-state index contributed by atoms with van der Waals surface area (Å²) in [4.78, 5) is 4.27. The lowest BCUT2D eigenvalue weighted by Gasteiger charge is -2.08. The fraction of sp³-hybridized carbons (Fsp3) is 0. The van der Waals surface area contributed by atoms with Crippen LogP contribution in [-0.4, -0.2) is 14.8 Å². The van der Waals surface area contributed by atoms with E-state index in [1.807, 2.05) is 30.5 Å². The Morgan fingerprint density at radius 2 is 2.12 bits per heavy atom. The molecule has 17 heavy (non-hydrogen) atoms. The van der Waals surface area contributed by atoms with Crippen molar-refractivity contribution in [2.24, 2.45) is 0 Å². The summed E-state index contributed by atoms with van der Waals surface area (Å²) in [6.07, 6.45) is 5.50. The van der Waals surface area contributed by atoms with Crippen LogP contribution in [0.4, 0.5) is 5.69 Å². The van der Waals surface area contributed by atoms with E-state index in [0.717, 1.165) is 20.2 Å². The summed E-state index contributed by atoms with van der Waals surface area (Å²) in [5, 5.41) is 5.22. The highest BCUT2D eigenvalue weighted by atomic mass is 127. The Morgan fingerprint density at radius 3 is 2.88 bits per heavy atom. The molecule has 0 fully saturated rings. The minimum absolute atomic E-state index is 0.704. The van der Waals surface area contributed by atoms with Crippen LogP contribution in [0.2, 0.25) is 0 Å². The SMILES string of the molecule is Nc1c(-n2cc(I)cn2)ccc2ncccc12. The van der Waals surface area contributed by atoms with Crippen molar-refractivity contribution in [2.45, 2.75) is 0 Å². The first-order valence-corrected chi connectivity index (χ1v) is 6.17. The molecule has 1 aromatic carbocycles. The Bertz CT molecular complexity index is 690. The van der Waals surface area contributed by atoms with Crippen LogP contribution in [0.5, 0.6) is 0 Å². The second-order valence-corrected chi connectivity index (χ2v) is 4.92.